The van der Waals surface area contributed by atoms with E-state index in [2.05, 4.69) is 5.32 Å². The van der Waals surface area contributed by atoms with Gasteiger partial charge in [0, 0.05) is 38.6 Å². The lowest BCUT2D eigenvalue weighted by molar-refractivity contribution is -0.140. The number of carbonyl (C=O) groups is 2. The highest BCUT2D eigenvalue weighted by atomic mass is 35.5. The van der Waals surface area contributed by atoms with Gasteiger partial charge >= 0.3 is 10.2 Å². The molecule has 1 N–H and O–H groups in total. The van der Waals surface area contributed by atoms with Gasteiger partial charge in [-0.25, -0.2) is 4.31 Å². The Bertz CT molecular complexity index is 1340. The molecule has 39 heavy (non-hydrogen) atoms. The van der Waals surface area contributed by atoms with Gasteiger partial charge in [0.15, 0.2) is 0 Å². The van der Waals surface area contributed by atoms with E-state index in [4.69, 9.17) is 11.6 Å². The van der Waals surface area contributed by atoms with Crippen LogP contribution in [-0.4, -0.2) is 62.7 Å². The summed E-state index contributed by atoms with van der Waals surface area (Å²) in [7, 11) is -1.21. The van der Waals surface area contributed by atoms with Gasteiger partial charge in [0.1, 0.15) is 12.6 Å². The number of para-hydroxylation sites is 1. The Morgan fingerprint density at radius 1 is 0.897 bits per heavy atom. The summed E-state index contributed by atoms with van der Waals surface area (Å²) in [6.45, 7) is 1.92. The van der Waals surface area contributed by atoms with E-state index in [9.17, 15) is 18.0 Å². The van der Waals surface area contributed by atoms with Crippen molar-refractivity contribution in [2.24, 2.45) is 0 Å². The summed E-state index contributed by atoms with van der Waals surface area (Å²) >= 11 is 6.47. The van der Waals surface area contributed by atoms with Crippen LogP contribution in [0.4, 0.5) is 5.69 Å². The van der Waals surface area contributed by atoms with E-state index in [0.717, 1.165) is 20.6 Å². The largest absolute Gasteiger partial charge is 0.354 e. The molecule has 0 bridgehead atoms. The van der Waals surface area contributed by atoms with E-state index >= 15 is 0 Å². The summed E-state index contributed by atoms with van der Waals surface area (Å²) < 4.78 is 28.7. The summed E-state index contributed by atoms with van der Waals surface area (Å²) in [5.41, 5.74) is 1.86. The lowest BCUT2D eigenvalue weighted by atomic mass is 10.0. The number of halogens is 1. The minimum Gasteiger partial charge on any atom is -0.354 e. The fourth-order valence-corrected chi connectivity index (χ4v) is 5.29. The molecule has 0 radical (unpaired) electrons. The van der Waals surface area contributed by atoms with Crippen LogP contribution in [0.1, 0.15) is 24.5 Å². The smallest absolute Gasteiger partial charge is 0.304 e. The molecule has 0 aromatic heterocycles. The van der Waals surface area contributed by atoms with Gasteiger partial charge in [-0.1, -0.05) is 85.3 Å². The first kappa shape index (κ1) is 30.1. The molecule has 208 valence electrons. The van der Waals surface area contributed by atoms with Crippen molar-refractivity contribution in [3.8, 4) is 0 Å². The second-order valence-electron chi connectivity index (χ2n) is 9.24. The maximum atomic E-state index is 14.1. The molecule has 3 aromatic carbocycles. The van der Waals surface area contributed by atoms with Gasteiger partial charge < -0.3 is 10.2 Å². The molecule has 1 atom stereocenters. The lowest BCUT2D eigenvalue weighted by Gasteiger charge is -2.34. The zero-order valence-electron chi connectivity index (χ0n) is 22.5. The van der Waals surface area contributed by atoms with Crippen LogP contribution in [0.25, 0.3) is 0 Å². The molecule has 0 saturated heterocycles. The average Bonchev–Trinajstić information content (AvgIpc) is 2.93. The molecule has 3 aromatic rings. The highest BCUT2D eigenvalue weighted by Crippen LogP contribution is 2.23. The molecular weight excluding hydrogens is 536 g/mol. The van der Waals surface area contributed by atoms with Crippen LogP contribution in [0.5, 0.6) is 0 Å². The molecule has 0 heterocycles. The van der Waals surface area contributed by atoms with Crippen molar-refractivity contribution < 1.29 is 18.0 Å². The summed E-state index contributed by atoms with van der Waals surface area (Å²) in [6.07, 6.45) is 0.976. The molecule has 8 nitrogen and oxygen atoms in total. The molecule has 0 saturated carbocycles. The number of hydrogen-bond donors (Lipinski definition) is 1. The number of nitrogens with one attached hydrogen (secondary N) is 1. The van der Waals surface area contributed by atoms with Crippen LogP contribution >= 0.6 is 11.6 Å². The van der Waals surface area contributed by atoms with Gasteiger partial charge in [0.2, 0.25) is 11.8 Å². The molecular formula is C29H35ClN4O4S. The van der Waals surface area contributed by atoms with Crippen molar-refractivity contribution in [3.05, 3.63) is 101 Å². The third-order valence-corrected chi connectivity index (χ3v) is 8.37. The zero-order chi connectivity index (χ0) is 28.4. The van der Waals surface area contributed by atoms with E-state index < -0.39 is 28.7 Å². The van der Waals surface area contributed by atoms with E-state index in [-0.39, 0.29) is 18.9 Å². The summed E-state index contributed by atoms with van der Waals surface area (Å²) in [4.78, 5) is 29.0. The molecule has 0 aliphatic rings. The second-order valence-corrected chi connectivity index (χ2v) is 11.7. The normalized spacial score (nSPS) is 12.1. The van der Waals surface area contributed by atoms with Crippen LogP contribution < -0.4 is 9.62 Å². The quantitative estimate of drug-likeness (QED) is 0.335. The standard InChI is InChI=1S/C29H35ClN4O4S/c1-4-19-31-29(36)27(20-23-13-7-5-8-14-23)33(21-24-15-11-12-18-26(24)30)28(35)22-34(39(37,38)32(2)3)25-16-9-6-10-17-25/h5-18,27H,4,19-22H2,1-3H3,(H,31,36)/t27-/m1/s1. The molecule has 3 rings (SSSR count). The van der Waals surface area contributed by atoms with Gasteiger partial charge in [0.05, 0.1) is 5.69 Å². The number of carbonyl (C=O) groups excluding carboxylic acids is 2. The van der Waals surface area contributed by atoms with E-state index in [1.54, 1.807) is 54.6 Å². The monoisotopic (exact) mass is 570 g/mol. The van der Waals surface area contributed by atoms with Crippen LogP contribution in [0.2, 0.25) is 5.02 Å². The van der Waals surface area contributed by atoms with Gasteiger partial charge in [-0.2, -0.15) is 12.7 Å². The molecule has 0 fully saturated rings. The zero-order valence-corrected chi connectivity index (χ0v) is 24.0. The summed E-state index contributed by atoms with van der Waals surface area (Å²) in [5.74, 6) is -0.848. The average molecular weight is 571 g/mol. The predicted molar refractivity (Wildman–Crippen MR) is 156 cm³/mol. The van der Waals surface area contributed by atoms with Crippen LogP contribution in [-0.2, 0) is 32.8 Å². The van der Waals surface area contributed by atoms with Crippen molar-refractivity contribution in [1.82, 2.24) is 14.5 Å². The van der Waals surface area contributed by atoms with Crippen LogP contribution in [0, 0.1) is 0 Å². The van der Waals surface area contributed by atoms with E-state index in [1.807, 2.05) is 37.3 Å². The highest BCUT2D eigenvalue weighted by molar-refractivity contribution is 7.90. The number of amides is 2. The second kappa shape index (κ2) is 14.1. The molecule has 0 aliphatic carbocycles. The summed E-state index contributed by atoms with van der Waals surface area (Å²) in [5, 5.41) is 3.36. The first-order valence-electron chi connectivity index (χ1n) is 12.7. The van der Waals surface area contributed by atoms with Gasteiger partial charge in [-0.05, 0) is 35.7 Å². The maximum absolute atomic E-state index is 14.1. The van der Waals surface area contributed by atoms with Crippen molar-refractivity contribution >= 4 is 39.3 Å². The molecule has 10 heteroatoms. The molecule has 0 aliphatic heterocycles. The Morgan fingerprint density at radius 3 is 2.08 bits per heavy atom. The first-order valence-corrected chi connectivity index (χ1v) is 14.5. The predicted octanol–water partition coefficient (Wildman–Crippen LogP) is 4.12. The first-order chi connectivity index (χ1) is 18.6. The summed E-state index contributed by atoms with van der Waals surface area (Å²) in [6, 6.07) is 24.0. The number of nitrogens with zero attached hydrogens (tertiary/aromatic N) is 3. The lowest BCUT2D eigenvalue weighted by Crippen LogP contribution is -2.54. The molecule has 0 spiro atoms. The fourth-order valence-electron chi connectivity index (χ4n) is 4.04. The van der Waals surface area contributed by atoms with Crippen LogP contribution in [0.15, 0.2) is 84.9 Å². The third kappa shape index (κ3) is 8.05. The number of hydrogen-bond acceptors (Lipinski definition) is 4. The SMILES string of the molecule is CCCNC(=O)[C@@H](Cc1ccccc1)N(Cc1ccccc1Cl)C(=O)CN(c1ccccc1)S(=O)(=O)N(C)C. The Labute approximate surface area is 236 Å². The topological polar surface area (TPSA) is 90.0 Å². The molecule has 2 amide bonds. The van der Waals surface area contributed by atoms with E-state index in [1.165, 1.54) is 19.0 Å². The number of anilines is 1. The number of rotatable bonds is 13. The van der Waals surface area contributed by atoms with Crippen molar-refractivity contribution in [2.75, 3.05) is 31.5 Å². The Kier molecular flexibility index (Phi) is 10.9. The van der Waals surface area contributed by atoms with Gasteiger partial charge in [-0.3, -0.25) is 9.59 Å². The molecule has 0 unspecified atom stereocenters. The van der Waals surface area contributed by atoms with Crippen molar-refractivity contribution in [1.29, 1.82) is 0 Å². The Balaban J connectivity index is 2.07. The minimum absolute atomic E-state index is 0.0280. The fraction of sp³-hybridized carbons (Fsp3) is 0.310. The number of benzene rings is 3. The van der Waals surface area contributed by atoms with Crippen LogP contribution in [0.3, 0.4) is 0 Å². The maximum Gasteiger partial charge on any atom is 0.304 e. The van der Waals surface area contributed by atoms with Gasteiger partial charge in [0.25, 0.3) is 0 Å². The van der Waals surface area contributed by atoms with Crippen molar-refractivity contribution in [3.63, 3.8) is 0 Å². The Hall–Kier alpha value is -3.40. The van der Waals surface area contributed by atoms with E-state index in [0.29, 0.717) is 22.8 Å². The van der Waals surface area contributed by atoms with Gasteiger partial charge in [-0.15, -0.1) is 0 Å². The Morgan fingerprint density at radius 2 is 1.49 bits per heavy atom. The highest BCUT2D eigenvalue weighted by Gasteiger charge is 2.34. The van der Waals surface area contributed by atoms with Crippen molar-refractivity contribution in [2.45, 2.75) is 32.4 Å². The minimum atomic E-state index is -4.03. The third-order valence-electron chi connectivity index (χ3n) is 6.18.